The van der Waals surface area contributed by atoms with Crippen molar-refractivity contribution in [2.75, 3.05) is 0 Å². The van der Waals surface area contributed by atoms with E-state index in [9.17, 15) is 0 Å². The fraction of sp³-hybridized carbons (Fsp3) is 0.182. The van der Waals surface area contributed by atoms with Gasteiger partial charge in [0.2, 0.25) is 0 Å². The molecule has 2 rings (SSSR count). The quantitative estimate of drug-likeness (QED) is 0.641. The van der Waals surface area contributed by atoms with Gasteiger partial charge in [-0.25, -0.2) is 4.99 Å². The van der Waals surface area contributed by atoms with Crippen molar-refractivity contribution in [3.63, 3.8) is 0 Å². The van der Waals surface area contributed by atoms with Crippen molar-refractivity contribution in [2.24, 2.45) is 4.99 Å². The maximum absolute atomic E-state index is 5.85. The third-order valence-electron chi connectivity index (χ3n) is 2.29. The summed E-state index contributed by atoms with van der Waals surface area (Å²) in [7, 11) is 0. The third kappa shape index (κ3) is 3.12. The highest BCUT2D eigenvalue weighted by Gasteiger charge is 2.11. The van der Waals surface area contributed by atoms with Gasteiger partial charge < -0.3 is 0 Å². The molecule has 90 valence electrons. The van der Waals surface area contributed by atoms with Crippen molar-refractivity contribution in [3.8, 4) is 0 Å². The van der Waals surface area contributed by atoms with Gasteiger partial charge in [0.25, 0.3) is 0 Å². The Balaban J connectivity index is 2.32. The molecule has 6 heteroatoms. The molecule has 0 saturated heterocycles. The second kappa shape index (κ2) is 5.40. The van der Waals surface area contributed by atoms with E-state index in [0.29, 0.717) is 11.0 Å². The molecule has 0 bridgehead atoms. The smallest absolute Gasteiger partial charge is 0.146 e. The van der Waals surface area contributed by atoms with Crippen LogP contribution in [0.15, 0.2) is 40.5 Å². The van der Waals surface area contributed by atoms with E-state index in [1.807, 2.05) is 24.3 Å². The molecule has 0 radical (unpaired) electrons. The van der Waals surface area contributed by atoms with Crippen molar-refractivity contribution in [1.82, 2.24) is 15.5 Å². The second-order valence-corrected chi connectivity index (χ2v) is 4.22. The number of benzene rings is 1. The highest BCUT2D eigenvalue weighted by Crippen LogP contribution is 2.20. The Bertz CT molecular complexity index is 470. The number of hydrazine groups is 2. The van der Waals surface area contributed by atoms with Gasteiger partial charge in [-0.05, 0) is 22.7 Å². The summed E-state index contributed by atoms with van der Waals surface area (Å²) in [5.41, 5.74) is 7.56. The first kappa shape index (κ1) is 12.2. The van der Waals surface area contributed by atoms with Crippen molar-refractivity contribution in [2.45, 2.75) is 13.3 Å². The van der Waals surface area contributed by atoms with Crippen LogP contribution >= 0.6 is 23.4 Å². The molecule has 0 atom stereocenters. The number of para-hydroxylation sites is 1. The predicted octanol–water partition coefficient (Wildman–Crippen LogP) is 2.84. The zero-order valence-corrected chi connectivity index (χ0v) is 10.8. The summed E-state index contributed by atoms with van der Waals surface area (Å²) >= 11 is 11.6. The van der Waals surface area contributed by atoms with E-state index in [-0.39, 0.29) is 0 Å². The molecule has 0 aliphatic carbocycles. The molecule has 0 amide bonds. The zero-order chi connectivity index (χ0) is 12.3. The minimum atomic E-state index is 0.409. The molecule has 4 nitrogen and oxygen atoms in total. The summed E-state index contributed by atoms with van der Waals surface area (Å²) in [5, 5.41) is 0.409. The van der Waals surface area contributed by atoms with Gasteiger partial charge in [0.15, 0.2) is 0 Å². The molecule has 1 heterocycles. The first-order chi connectivity index (χ1) is 8.19. The maximum Gasteiger partial charge on any atom is 0.146 e. The molecule has 0 unspecified atom stereocenters. The average Bonchev–Trinajstić information content (AvgIpc) is 2.28. The number of halogens is 2. The van der Waals surface area contributed by atoms with Gasteiger partial charge in [-0.2, -0.15) is 0 Å². The Morgan fingerprint density at radius 1 is 1.29 bits per heavy atom. The average molecular weight is 271 g/mol. The molecule has 0 aromatic heterocycles. The number of nitrogens with zero attached hydrogens (tertiary/aromatic N) is 2. The molecule has 0 fully saturated rings. The fourth-order valence-electron chi connectivity index (χ4n) is 1.51. The highest BCUT2D eigenvalue weighted by atomic mass is 35.5. The fourth-order valence-corrected chi connectivity index (χ4v) is 1.92. The Morgan fingerprint density at radius 3 is 2.76 bits per heavy atom. The van der Waals surface area contributed by atoms with Crippen LogP contribution in [0.5, 0.6) is 0 Å². The van der Waals surface area contributed by atoms with Gasteiger partial charge in [0.05, 0.1) is 5.69 Å². The first-order valence-corrected chi connectivity index (χ1v) is 5.93. The standard InChI is InChI=1S/C11H12Cl2N4/c1-2-8-5-3-4-6-9(8)14-11-7-10(12)15-17(13)16-11/h3-7,15H,2H2,1H3,(H,14,16). The number of rotatable bonds is 2. The number of hydrogen-bond donors (Lipinski definition) is 2. The van der Waals surface area contributed by atoms with Gasteiger partial charge in [-0.1, -0.05) is 36.7 Å². The normalized spacial score (nSPS) is 18.5. The van der Waals surface area contributed by atoms with E-state index < -0.39 is 0 Å². The van der Waals surface area contributed by atoms with Crippen LogP contribution in [0.25, 0.3) is 0 Å². The topological polar surface area (TPSA) is 39.7 Å². The number of aliphatic imine (C=N–C) groups is 1. The summed E-state index contributed by atoms with van der Waals surface area (Å²) < 4.78 is 1.13. The second-order valence-electron chi connectivity index (χ2n) is 3.48. The van der Waals surface area contributed by atoms with Crippen LogP contribution in [0.2, 0.25) is 0 Å². The molecular weight excluding hydrogens is 259 g/mol. The molecule has 0 saturated carbocycles. The van der Waals surface area contributed by atoms with Gasteiger partial charge in [-0.3, -0.25) is 10.9 Å². The van der Waals surface area contributed by atoms with E-state index in [4.69, 9.17) is 23.4 Å². The summed E-state index contributed by atoms with van der Waals surface area (Å²) in [6.07, 6.45) is 2.60. The lowest BCUT2D eigenvalue weighted by Crippen LogP contribution is -2.46. The summed E-state index contributed by atoms with van der Waals surface area (Å²) in [5.74, 6) is 0.588. The Kier molecular flexibility index (Phi) is 3.89. The van der Waals surface area contributed by atoms with E-state index in [2.05, 4.69) is 22.8 Å². The lowest BCUT2D eigenvalue weighted by atomic mass is 10.1. The lowest BCUT2D eigenvalue weighted by Gasteiger charge is -2.22. The minimum Gasteiger partial charge on any atom is -0.276 e. The van der Waals surface area contributed by atoms with Crippen LogP contribution in [0.4, 0.5) is 5.69 Å². The molecule has 1 aliphatic rings. The highest BCUT2D eigenvalue weighted by molar-refractivity contribution is 6.31. The van der Waals surface area contributed by atoms with Gasteiger partial charge in [0.1, 0.15) is 11.0 Å². The van der Waals surface area contributed by atoms with Crippen molar-refractivity contribution < 1.29 is 0 Å². The molecule has 1 aliphatic heterocycles. The van der Waals surface area contributed by atoms with Crippen molar-refractivity contribution >= 4 is 34.9 Å². The van der Waals surface area contributed by atoms with Crippen LogP contribution in [-0.4, -0.2) is 10.5 Å². The molecule has 1 aromatic rings. The van der Waals surface area contributed by atoms with Crippen LogP contribution < -0.4 is 10.9 Å². The van der Waals surface area contributed by atoms with E-state index in [1.165, 1.54) is 5.56 Å². The van der Waals surface area contributed by atoms with E-state index in [0.717, 1.165) is 16.7 Å². The van der Waals surface area contributed by atoms with Crippen molar-refractivity contribution in [3.05, 3.63) is 41.1 Å². The maximum atomic E-state index is 5.85. The summed E-state index contributed by atoms with van der Waals surface area (Å²) in [4.78, 5) is 4.47. The van der Waals surface area contributed by atoms with Crippen LogP contribution in [0.3, 0.4) is 0 Å². The van der Waals surface area contributed by atoms with Crippen LogP contribution in [-0.2, 0) is 6.42 Å². The summed E-state index contributed by atoms with van der Waals surface area (Å²) in [6.45, 7) is 2.09. The largest absolute Gasteiger partial charge is 0.276 e. The number of aryl methyl sites for hydroxylation is 1. The van der Waals surface area contributed by atoms with Gasteiger partial charge in [0, 0.05) is 17.9 Å². The molecule has 1 aromatic carbocycles. The van der Waals surface area contributed by atoms with Gasteiger partial charge >= 0.3 is 0 Å². The molecule has 0 spiro atoms. The first-order valence-electron chi connectivity index (χ1n) is 5.22. The monoisotopic (exact) mass is 270 g/mol. The molecule has 2 N–H and O–H groups in total. The zero-order valence-electron chi connectivity index (χ0n) is 9.24. The minimum absolute atomic E-state index is 0.409. The van der Waals surface area contributed by atoms with E-state index >= 15 is 0 Å². The summed E-state index contributed by atoms with van der Waals surface area (Å²) in [6, 6.07) is 7.94. The van der Waals surface area contributed by atoms with Crippen LogP contribution in [0.1, 0.15) is 12.5 Å². The number of nitrogens with one attached hydrogen (secondary N) is 2. The van der Waals surface area contributed by atoms with Gasteiger partial charge in [-0.15, -0.1) is 0 Å². The Labute approximate surface area is 110 Å². The van der Waals surface area contributed by atoms with Crippen LogP contribution in [0, 0.1) is 0 Å². The predicted molar refractivity (Wildman–Crippen MR) is 70.8 cm³/mol. The number of amidine groups is 1. The SMILES string of the molecule is CCc1ccccc1N=C1C=C(Cl)NN(Cl)N1. The van der Waals surface area contributed by atoms with E-state index in [1.54, 1.807) is 6.08 Å². The Hall–Kier alpha value is -1.23. The lowest BCUT2D eigenvalue weighted by molar-refractivity contribution is 0.338. The third-order valence-corrected chi connectivity index (χ3v) is 2.66. The molecular formula is C11H12Cl2N4. The number of hydrogen-bond acceptors (Lipinski definition) is 3. The molecule has 17 heavy (non-hydrogen) atoms. The Morgan fingerprint density at radius 2 is 2.06 bits per heavy atom. The van der Waals surface area contributed by atoms with Crippen molar-refractivity contribution in [1.29, 1.82) is 0 Å².